The second-order valence-electron chi connectivity index (χ2n) is 7.72. The van der Waals surface area contributed by atoms with Crippen LogP contribution in [0.2, 0.25) is 0 Å². The summed E-state index contributed by atoms with van der Waals surface area (Å²) in [7, 11) is 0. The number of hydrogen-bond donors (Lipinski definition) is 2. The van der Waals surface area contributed by atoms with Crippen molar-refractivity contribution in [3.05, 3.63) is 75.1 Å². The summed E-state index contributed by atoms with van der Waals surface area (Å²) >= 11 is 0. The van der Waals surface area contributed by atoms with Gasteiger partial charge in [-0.3, -0.25) is 4.79 Å². The van der Waals surface area contributed by atoms with Crippen LogP contribution >= 0.6 is 0 Å². The monoisotopic (exact) mass is 421 g/mol. The number of rotatable bonds is 6. The molecule has 0 fully saturated rings. The first-order valence-corrected chi connectivity index (χ1v) is 10.2. The van der Waals surface area contributed by atoms with Crippen molar-refractivity contribution in [2.24, 2.45) is 0 Å². The molecule has 1 heterocycles. The molecule has 3 aromatic rings. The van der Waals surface area contributed by atoms with Crippen LogP contribution in [0.15, 0.2) is 51.7 Å². The molecule has 4 rings (SSSR count). The van der Waals surface area contributed by atoms with Crippen LogP contribution in [0.25, 0.3) is 11.0 Å². The summed E-state index contributed by atoms with van der Waals surface area (Å²) in [6.07, 6.45) is 1.54. The van der Waals surface area contributed by atoms with Gasteiger partial charge in [-0.1, -0.05) is 30.3 Å². The Labute approximate surface area is 178 Å². The maximum Gasteiger partial charge on any atom is 0.339 e. The topological polar surface area (TPSA) is 106 Å². The van der Waals surface area contributed by atoms with E-state index in [0.29, 0.717) is 22.5 Å². The molecule has 1 aliphatic carbocycles. The van der Waals surface area contributed by atoms with E-state index in [1.807, 2.05) is 6.07 Å². The first kappa shape index (κ1) is 20.7. The van der Waals surface area contributed by atoms with E-state index >= 15 is 0 Å². The lowest BCUT2D eigenvalue weighted by molar-refractivity contribution is -0.143. The van der Waals surface area contributed by atoms with Crippen LogP contribution < -0.4 is 15.7 Å². The van der Waals surface area contributed by atoms with Crippen LogP contribution in [-0.4, -0.2) is 23.1 Å². The zero-order valence-electron chi connectivity index (χ0n) is 17.3. The third-order valence-corrected chi connectivity index (χ3v) is 5.68. The van der Waals surface area contributed by atoms with Crippen molar-refractivity contribution in [3.63, 3.8) is 0 Å². The van der Waals surface area contributed by atoms with Gasteiger partial charge in [0, 0.05) is 16.5 Å². The average molecular weight is 421 g/mol. The molecule has 31 heavy (non-hydrogen) atoms. The smallest absolute Gasteiger partial charge is 0.339 e. The SMILES string of the molecule is Cc1c(O[C@@H](C)C(=O)N[C@H](C(=O)O)c2ccccc2)ccc2c3c(c(=O)oc12)CCC3. The molecule has 2 aromatic carbocycles. The summed E-state index contributed by atoms with van der Waals surface area (Å²) < 4.78 is 11.4. The Kier molecular flexibility index (Phi) is 5.50. The number of carbonyl (C=O) groups excluding carboxylic acids is 1. The molecule has 0 radical (unpaired) electrons. The molecule has 0 saturated carbocycles. The number of hydrogen-bond acceptors (Lipinski definition) is 5. The minimum absolute atomic E-state index is 0.321. The molecule has 1 aromatic heterocycles. The molecule has 0 spiro atoms. The van der Waals surface area contributed by atoms with Crippen molar-refractivity contribution in [1.82, 2.24) is 5.32 Å². The molecule has 0 aliphatic heterocycles. The van der Waals surface area contributed by atoms with E-state index in [0.717, 1.165) is 35.8 Å². The fourth-order valence-electron chi connectivity index (χ4n) is 4.03. The Morgan fingerprint density at radius 2 is 1.81 bits per heavy atom. The molecular weight excluding hydrogens is 398 g/mol. The van der Waals surface area contributed by atoms with Crippen LogP contribution in [0.1, 0.15) is 41.6 Å². The highest BCUT2D eigenvalue weighted by atomic mass is 16.5. The van der Waals surface area contributed by atoms with E-state index in [9.17, 15) is 19.5 Å². The number of carboxylic acids is 1. The highest BCUT2D eigenvalue weighted by Gasteiger charge is 2.26. The summed E-state index contributed by atoms with van der Waals surface area (Å²) in [6, 6.07) is 10.9. The molecule has 0 unspecified atom stereocenters. The van der Waals surface area contributed by atoms with Gasteiger partial charge in [-0.05, 0) is 56.4 Å². The quantitative estimate of drug-likeness (QED) is 0.592. The Hall–Kier alpha value is -3.61. The van der Waals surface area contributed by atoms with Gasteiger partial charge in [0.15, 0.2) is 12.1 Å². The van der Waals surface area contributed by atoms with Gasteiger partial charge in [0.2, 0.25) is 0 Å². The van der Waals surface area contributed by atoms with Crippen molar-refractivity contribution in [3.8, 4) is 5.75 Å². The van der Waals surface area contributed by atoms with E-state index < -0.39 is 24.0 Å². The van der Waals surface area contributed by atoms with Crippen LogP contribution in [-0.2, 0) is 22.4 Å². The summed E-state index contributed by atoms with van der Waals surface area (Å²) in [6.45, 7) is 3.32. The van der Waals surface area contributed by atoms with Gasteiger partial charge < -0.3 is 19.6 Å². The maximum atomic E-state index is 12.6. The Morgan fingerprint density at radius 3 is 2.52 bits per heavy atom. The predicted octanol–water partition coefficient (Wildman–Crippen LogP) is 3.30. The average Bonchev–Trinajstić information content (AvgIpc) is 3.25. The summed E-state index contributed by atoms with van der Waals surface area (Å²) in [5, 5.41) is 12.9. The number of aliphatic carboxylic acids is 1. The molecule has 7 heteroatoms. The van der Waals surface area contributed by atoms with Crippen molar-refractivity contribution >= 4 is 22.8 Å². The fraction of sp³-hybridized carbons (Fsp3) is 0.292. The third kappa shape index (κ3) is 3.91. The Balaban J connectivity index is 1.56. The lowest BCUT2D eigenvalue weighted by Gasteiger charge is -2.20. The van der Waals surface area contributed by atoms with E-state index in [1.165, 1.54) is 0 Å². The van der Waals surface area contributed by atoms with Crippen molar-refractivity contribution in [2.75, 3.05) is 0 Å². The Bertz CT molecular complexity index is 1210. The number of nitrogens with one attached hydrogen (secondary N) is 1. The van der Waals surface area contributed by atoms with Crippen molar-refractivity contribution < 1.29 is 23.8 Å². The van der Waals surface area contributed by atoms with Gasteiger partial charge in [-0.15, -0.1) is 0 Å². The molecular formula is C24H23NO6. The second-order valence-corrected chi connectivity index (χ2v) is 7.72. The Morgan fingerprint density at radius 1 is 1.10 bits per heavy atom. The summed E-state index contributed by atoms with van der Waals surface area (Å²) in [5.74, 6) is -1.32. The van der Waals surface area contributed by atoms with Crippen molar-refractivity contribution in [1.29, 1.82) is 0 Å². The zero-order valence-corrected chi connectivity index (χ0v) is 17.3. The lowest BCUT2D eigenvalue weighted by Crippen LogP contribution is -2.41. The van der Waals surface area contributed by atoms with E-state index in [-0.39, 0.29) is 5.63 Å². The van der Waals surface area contributed by atoms with E-state index in [4.69, 9.17) is 9.15 Å². The number of carboxylic acid groups (broad SMARTS) is 1. The molecule has 160 valence electrons. The molecule has 0 saturated heterocycles. The minimum Gasteiger partial charge on any atom is -0.480 e. The highest BCUT2D eigenvalue weighted by molar-refractivity contribution is 5.88. The number of fused-ring (bicyclic) bond motifs is 3. The van der Waals surface area contributed by atoms with Gasteiger partial charge in [-0.2, -0.15) is 0 Å². The van der Waals surface area contributed by atoms with Gasteiger partial charge in [-0.25, -0.2) is 9.59 Å². The standard InChI is InChI=1S/C24H23NO6/c1-13-19(12-11-17-16-9-6-10-18(16)24(29)31-21(13)17)30-14(2)22(26)25-20(23(27)28)15-7-4-3-5-8-15/h3-5,7-8,11-12,14,20H,6,9-10H2,1-2H3,(H,25,26)(H,27,28)/t14-,20-/m0/s1. The third-order valence-electron chi connectivity index (χ3n) is 5.68. The van der Waals surface area contributed by atoms with Crippen LogP contribution in [0, 0.1) is 6.92 Å². The molecule has 2 N–H and O–H groups in total. The van der Waals surface area contributed by atoms with Crippen LogP contribution in [0.5, 0.6) is 5.75 Å². The zero-order chi connectivity index (χ0) is 22.1. The fourth-order valence-corrected chi connectivity index (χ4v) is 4.03. The number of carbonyl (C=O) groups is 2. The van der Waals surface area contributed by atoms with E-state index in [1.54, 1.807) is 50.2 Å². The molecule has 2 atom stereocenters. The van der Waals surface area contributed by atoms with Gasteiger partial charge in [0.1, 0.15) is 11.3 Å². The van der Waals surface area contributed by atoms with Crippen molar-refractivity contribution in [2.45, 2.75) is 45.3 Å². The van der Waals surface area contributed by atoms with Crippen LogP contribution in [0.4, 0.5) is 0 Å². The number of amides is 1. The normalized spacial score (nSPS) is 14.6. The lowest BCUT2D eigenvalue weighted by atomic mass is 10.0. The van der Waals surface area contributed by atoms with Gasteiger partial charge in [0.05, 0.1) is 0 Å². The van der Waals surface area contributed by atoms with Crippen LogP contribution in [0.3, 0.4) is 0 Å². The first-order chi connectivity index (χ1) is 14.9. The predicted molar refractivity (Wildman–Crippen MR) is 114 cm³/mol. The summed E-state index contributed by atoms with van der Waals surface area (Å²) in [5.41, 5.74) is 3.00. The number of aryl methyl sites for hydroxylation is 2. The highest BCUT2D eigenvalue weighted by Crippen LogP contribution is 2.33. The largest absolute Gasteiger partial charge is 0.480 e. The molecule has 7 nitrogen and oxygen atoms in total. The first-order valence-electron chi connectivity index (χ1n) is 10.2. The summed E-state index contributed by atoms with van der Waals surface area (Å²) in [4.78, 5) is 36.6. The molecule has 1 aliphatic rings. The molecule has 1 amide bonds. The second kappa shape index (κ2) is 8.26. The molecule has 0 bridgehead atoms. The number of ether oxygens (including phenoxy) is 1. The van der Waals surface area contributed by atoms with Gasteiger partial charge in [0.25, 0.3) is 5.91 Å². The van der Waals surface area contributed by atoms with Gasteiger partial charge >= 0.3 is 11.6 Å². The van der Waals surface area contributed by atoms with E-state index in [2.05, 4.69) is 5.32 Å². The number of benzene rings is 2. The maximum absolute atomic E-state index is 12.6. The minimum atomic E-state index is -1.18.